The van der Waals surface area contributed by atoms with E-state index in [0.717, 1.165) is 87.1 Å². The standard InChI is InChI=1S/C35H43N3O5/c1-22-17-28(13-14-31(22)42-2)25-7-5-24(6-8-25)20-38(35(41)27-9-3-23(4-10-27)18-33(39)40)32-19-29(15-16-36-32)30-21-43-34(37-30)26-11-12-26/h13-17,19,21,23-27H,3-12,18,20H2,1-2H3,(H,39,40)/t23-,24-,25-,27-. The summed E-state index contributed by atoms with van der Waals surface area (Å²) in [6, 6.07) is 10.4. The fourth-order valence-corrected chi connectivity index (χ4v) is 7.13. The molecule has 3 aromatic rings. The number of methoxy groups -OCH3 is 1. The van der Waals surface area contributed by atoms with Crippen LogP contribution in [0.2, 0.25) is 0 Å². The molecule has 8 nitrogen and oxygen atoms in total. The predicted molar refractivity (Wildman–Crippen MR) is 164 cm³/mol. The Balaban J connectivity index is 1.18. The van der Waals surface area contributed by atoms with E-state index < -0.39 is 5.97 Å². The Kier molecular flexibility index (Phi) is 8.82. The maximum Gasteiger partial charge on any atom is 0.303 e. The third kappa shape index (κ3) is 6.94. The second kappa shape index (κ2) is 12.9. The number of amides is 1. The van der Waals surface area contributed by atoms with Crippen LogP contribution < -0.4 is 9.64 Å². The molecule has 0 saturated heterocycles. The summed E-state index contributed by atoms with van der Waals surface area (Å²) in [5.74, 6) is 3.13. The van der Waals surface area contributed by atoms with Crippen molar-refractivity contribution in [2.75, 3.05) is 18.6 Å². The minimum Gasteiger partial charge on any atom is -0.496 e. The summed E-state index contributed by atoms with van der Waals surface area (Å²) in [7, 11) is 1.71. The number of aryl methyl sites for hydroxylation is 1. The number of benzene rings is 1. The quantitative estimate of drug-likeness (QED) is 0.262. The van der Waals surface area contributed by atoms with Crippen molar-refractivity contribution in [1.82, 2.24) is 9.97 Å². The van der Waals surface area contributed by atoms with Crippen molar-refractivity contribution in [1.29, 1.82) is 0 Å². The molecule has 3 fully saturated rings. The molecule has 0 bridgehead atoms. The van der Waals surface area contributed by atoms with Crippen LogP contribution in [0, 0.1) is 24.7 Å². The van der Waals surface area contributed by atoms with Gasteiger partial charge in [0.1, 0.15) is 23.5 Å². The number of hydrogen-bond donors (Lipinski definition) is 1. The van der Waals surface area contributed by atoms with Crippen molar-refractivity contribution in [3.8, 4) is 17.0 Å². The van der Waals surface area contributed by atoms with E-state index in [2.05, 4.69) is 25.1 Å². The van der Waals surface area contributed by atoms with E-state index in [1.807, 2.05) is 17.0 Å². The number of oxazole rings is 1. The second-order valence-electron chi connectivity index (χ2n) is 13.0. The molecule has 2 heterocycles. The van der Waals surface area contributed by atoms with Crippen LogP contribution in [0.4, 0.5) is 5.82 Å². The van der Waals surface area contributed by atoms with Crippen LogP contribution in [0.15, 0.2) is 47.2 Å². The summed E-state index contributed by atoms with van der Waals surface area (Å²) < 4.78 is 11.2. The van der Waals surface area contributed by atoms with E-state index >= 15 is 0 Å². The lowest BCUT2D eigenvalue weighted by Gasteiger charge is -2.35. The first-order chi connectivity index (χ1) is 20.9. The fraction of sp³-hybridized carbons (Fsp3) is 0.543. The maximum absolute atomic E-state index is 14.2. The van der Waals surface area contributed by atoms with Gasteiger partial charge in [-0.3, -0.25) is 14.5 Å². The van der Waals surface area contributed by atoms with Gasteiger partial charge in [0, 0.05) is 36.6 Å². The normalized spacial score (nSPS) is 24.0. The minimum atomic E-state index is -0.754. The molecule has 0 radical (unpaired) electrons. The van der Waals surface area contributed by atoms with Crippen LogP contribution in [0.1, 0.15) is 99.5 Å². The largest absolute Gasteiger partial charge is 0.496 e. The highest BCUT2D eigenvalue weighted by molar-refractivity contribution is 5.94. The molecule has 1 aromatic carbocycles. The third-order valence-electron chi connectivity index (χ3n) is 9.87. The Morgan fingerprint density at radius 3 is 2.35 bits per heavy atom. The fourth-order valence-electron chi connectivity index (χ4n) is 7.13. The molecule has 228 valence electrons. The van der Waals surface area contributed by atoms with Crippen LogP contribution in [0.5, 0.6) is 5.75 Å². The van der Waals surface area contributed by atoms with Gasteiger partial charge in [0.05, 0.1) is 7.11 Å². The lowest BCUT2D eigenvalue weighted by Crippen LogP contribution is -2.42. The first-order valence-corrected chi connectivity index (χ1v) is 16.0. The lowest BCUT2D eigenvalue weighted by molar-refractivity contribution is -0.138. The number of carboxylic acid groups (broad SMARTS) is 1. The highest BCUT2D eigenvalue weighted by Gasteiger charge is 2.34. The summed E-state index contributed by atoms with van der Waals surface area (Å²) in [6.45, 7) is 2.74. The number of ether oxygens (including phenoxy) is 1. The zero-order valence-corrected chi connectivity index (χ0v) is 25.3. The van der Waals surface area contributed by atoms with E-state index in [1.165, 1.54) is 11.1 Å². The molecule has 3 aliphatic carbocycles. The first kappa shape index (κ1) is 29.4. The molecule has 1 N–H and O–H groups in total. The third-order valence-corrected chi connectivity index (χ3v) is 9.87. The molecular weight excluding hydrogens is 542 g/mol. The number of hydrogen-bond acceptors (Lipinski definition) is 6. The van der Waals surface area contributed by atoms with Crippen LogP contribution in [0.3, 0.4) is 0 Å². The van der Waals surface area contributed by atoms with Gasteiger partial charge in [-0.25, -0.2) is 9.97 Å². The molecule has 0 spiro atoms. The second-order valence-corrected chi connectivity index (χ2v) is 13.0. The summed E-state index contributed by atoms with van der Waals surface area (Å²) in [5.41, 5.74) is 4.22. The smallest absolute Gasteiger partial charge is 0.303 e. The van der Waals surface area contributed by atoms with E-state index in [0.29, 0.717) is 30.1 Å². The number of aromatic nitrogens is 2. The van der Waals surface area contributed by atoms with Crippen molar-refractivity contribution in [2.24, 2.45) is 17.8 Å². The first-order valence-electron chi connectivity index (χ1n) is 16.0. The summed E-state index contributed by atoms with van der Waals surface area (Å²) >= 11 is 0. The van der Waals surface area contributed by atoms with Gasteiger partial charge < -0.3 is 14.3 Å². The monoisotopic (exact) mass is 585 g/mol. The zero-order chi connectivity index (χ0) is 29.9. The molecule has 2 aromatic heterocycles. The van der Waals surface area contributed by atoms with Crippen molar-refractivity contribution in [2.45, 2.75) is 89.4 Å². The Morgan fingerprint density at radius 1 is 0.953 bits per heavy atom. The lowest BCUT2D eigenvalue weighted by atomic mass is 9.77. The Hall–Kier alpha value is -3.68. The number of carbonyl (C=O) groups excluding carboxylic acids is 1. The molecule has 0 aliphatic heterocycles. The zero-order valence-electron chi connectivity index (χ0n) is 25.3. The molecule has 0 unspecified atom stereocenters. The van der Waals surface area contributed by atoms with Crippen molar-refractivity contribution in [3.05, 3.63) is 59.8 Å². The highest BCUT2D eigenvalue weighted by atomic mass is 16.5. The van der Waals surface area contributed by atoms with Crippen LogP contribution >= 0.6 is 0 Å². The molecule has 3 aliphatic rings. The van der Waals surface area contributed by atoms with Gasteiger partial charge in [-0.2, -0.15) is 0 Å². The van der Waals surface area contributed by atoms with E-state index in [4.69, 9.17) is 19.1 Å². The Morgan fingerprint density at radius 2 is 1.67 bits per heavy atom. The van der Waals surface area contributed by atoms with E-state index in [-0.39, 0.29) is 24.2 Å². The van der Waals surface area contributed by atoms with E-state index in [9.17, 15) is 14.7 Å². The molecule has 43 heavy (non-hydrogen) atoms. The average Bonchev–Trinajstić information content (AvgIpc) is 3.76. The van der Waals surface area contributed by atoms with Crippen molar-refractivity contribution in [3.63, 3.8) is 0 Å². The van der Waals surface area contributed by atoms with Gasteiger partial charge >= 0.3 is 5.97 Å². The molecule has 0 atom stereocenters. The molecule has 6 rings (SSSR count). The van der Waals surface area contributed by atoms with Gasteiger partial charge in [-0.15, -0.1) is 0 Å². The molecule has 3 saturated carbocycles. The van der Waals surface area contributed by atoms with Gasteiger partial charge in [0.25, 0.3) is 0 Å². The molecular formula is C35H43N3O5. The minimum absolute atomic E-state index is 0.109. The van der Waals surface area contributed by atoms with Gasteiger partial charge in [0.2, 0.25) is 5.91 Å². The SMILES string of the molecule is COc1ccc([C@H]2CC[C@H](CN(c3cc(-c4coc(C5CC5)n4)ccn3)C(=O)[C@H]3CC[C@H](CC(=O)O)CC3)CC2)cc1C. The number of pyridine rings is 1. The predicted octanol–water partition coefficient (Wildman–Crippen LogP) is 7.52. The van der Waals surface area contributed by atoms with Crippen LogP contribution in [-0.4, -0.2) is 40.6 Å². The van der Waals surface area contributed by atoms with Crippen LogP contribution in [-0.2, 0) is 9.59 Å². The van der Waals surface area contributed by atoms with Crippen molar-refractivity contribution < 1.29 is 23.8 Å². The van der Waals surface area contributed by atoms with Gasteiger partial charge in [0.15, 0.2) is 5.89 Å². The number of nitrogens with zero attached hydrogens (tertiary/aromatic N) is 3. The topological polar surface area (TPSA) is 106 Å². The highest BCUT2D eigenvalue weighted by Crippen LogP contribution is 2.41. The summed E-state index contributed by atoms with van der Waals surface area (Å²) in [4.78, 5) is 36.8. The number of anilines is 1. The molecule has 1 amide bonds. The van der Waals surface area contributed by atoms with Gasteiger partial charge in [-0.05, 0) is 118 Å². The summed E-state index contributed by atoms with van der Waals surface area (Å²) in [5, 5.41) is 9.24. The van der Waals surface area contributed by atoms with Gasteiger partial charge in [-0.1, -0.05) is 12.1 Å². The van der Waals surface area contributed by atoms with Crippen LogP contribution in [0.25, 0.3) is 11.3 Å². The Labute approximate surface area is 253 Å². The molecule has 8 heteroatoms. The number of rotatable bonds is 10. The average molecular weight is 586 g/mol. The maximum atomic E-state index is 14.2. The van der Waals surface area contributed by atoms with Crippen molar-refractivity contribution >= 4 is 17.7 Å². The number of aliphatic carboxylic acids is 1. The Bertz CT molecular complexity index is 1430. The number of carboxylic acids is 1. The number of carbonyl (C=O) groups is 2. The summed E-state index contributed by atoms with van der Waals surface area (Å²) in [6.07, 6.45) is 13.2. The van der Waals surface area contributed by atoms with E-state index in [1.54, 1.807) is 19.6 Å².